The molecule has 162 valence electrons. The predicted octanol–water partition coefficient (Wildman–Crippen LogP) is 4.18. The Labute approximate surface area is 180 Å². The van der Waals surface area contributed by atoms with Crippen molar-refractivity contribution in [2.75, 3.05) is 13.2 Å². The van der Waals surface area contributed by atoms with Gasteiger partial charge in [0.05, 0.1) is 0 Å². The van der Waals surface area contributed by atoms with Gasteiger partial charge in [0.1, 0.15) is 11.8 Å². The van der Waals surface area contributed by atoms with Gasteiger partial charge in [-0.2, -0.15) is 0 Å². The number of ether oxygens (including phenoxy) is 1. The van der Waals surface area contributed by atoms with E-state index in [2.05, 4.69) is 5.32 Å². The topological polar surface area (TPSA) is 58.6 Å². The van der Waals surface area contributed by atoms with Crippen LogP contribution < -0.4 is 10.1 Å². The van der Waals surface area contributed by atoms with Gasteiger partial charge < -0.3 is 15.0 Å². The van der Waals surface area contributed by atoms with Crippen molar-refractivity contribution in [2.45, 2.75) is 54.1 Å². The molecule has 0 saturated heterocycles. The Hall–Kier alpha value is -2.82. The summed E-state index contributed by atoms with van der Waals surface area (Å²) in [6.07, 6.45) is 0. The van der Waals surface area contributed by atoms with Gasteiger partial charge >= 0.3 is 0 Å². The first kappa shape index (κ1) is 23.5. The predicted molar refractivity (Wildman–Crippen MR) is 120 cm³/mol. The molecule has 0 fully saturated rings. The highest BCUT2D eigenvalue weighted by Crippen LogP contribution is 2.17. The molecule has 0 heterocycles. The summed E-state index contributed by atoms with van der Waals surface area (Å²) in [6.45, 7) is 12.7. The molecule has 0 aromatic heterocycles. The van der Waals surface area contributed by atoms with Crippen LogP contribution in [-0.4, -0.2) is 35.9 Å². The van der Waals surface area contributed by atoms with Gasteiger partial charge in [0.2, 0.25) is 5.91 Å². The quantitative estimate of drug-likeness (QED) is 0.675. The summed E-state index contributed by atoms with van der Waals surface area (Å²) in [5.74, 6) is 0.617. The lowest BCUT2D eigenvalue weighted by atomic mass is 10.1. The van der Waals surface area contributed by atoms with E-state index in [9.17, 15) is 9.59 Å². The highest BCUT2D eigenvalue weighted by molar-refractivity contribution is 5.88. The smallest absolute Gasteiger partial charge is 0.261 e. The van der Waals surface area contributed by atoms with E-state index in [0.29, 0.717) is 24.8 Å². The van der Waals surface area contributed by atoms with Gasteiger partial charge in [-0.25, -0.2) is 0 Å². The van der Waals surface area contributed by atoms with E-state index in [1.807, 2.05) is 77.1 Å². The standard InChI is InChI=1S/C25H34N2O3/c1-17(2)14-26-25(29)21(6)27(15-22-9-7-8-18(3)12-22)24(28)16-30-23-11-10-19(4)20(5)13-23/h7-13,17,21H,14-16H2,1-6H3,(H,26,29). The molecule has 30 heavy (non-hydrogen) atoms. The third-order valence-corrected chi connectivity index (χ3v) is 5.13. The average molecular weight is 411 g/mol. The third kappa shape index (κ3) is 6.90. The summed E-state index contributed by atoms with van der Waals surface area (Å²) in [5.41, 5.74) is 4.38. The molecule has 0 aliphatic rings. The van der Waals surface area contributed by atoms with Gasteiger partial charge in [0, 0.05) is 13.1 Å². The lowest BCUT2D eigenvalue weighted by Gasteiger charge is -2.29. The number of rotatable bonds is 9. The van der Waals surface area contributed by atoms with E-state index in [1.165, 1.54) is 5.56 Å². The van der Waals surface area contributed by atoms with E-state index >= 15 is 0 Å². The van der Waals surface area contributed by atoms with Crippen LogP contribution in [0.5, 0.6) is 5.75 Å². The molecule has 1 unspecified atom stereocenters. The fraction of sp³-hybridized carbons (Fsp3) is 0.440. The van der Waals surface area contributed by atoms with Gasteiger partial charge in [-0.05, 0) is 62.4 Å². The lowest BCUT2D eigenvalue weighted by molar-refractivity contribution is -0.142. The van der Waals surface area contributed by atoms with Crippen LogP contribution >= 0.6 is 0 Å². The zero-order chi connectivity index (χ0) is 22.3. The summed E-state index contributed by atoms with van der Waals surface area (Å²) in [4.78, 5) is 27.3. The summed E-state index contributed by atoms with van der Waals surface area (Å²) in [7, 11) is 0. The first-order chi connectivity index (χ1) is 14.2. The number of carbonyl (C=O) groups is 2. The van der Waals surface area contributed by atoms with Crippen molar-refractivity contribution in [3.63, 3.8) is 0 Å². The molecule has 1 atom stereocenters. The molecule has 2 rings (SSSR count). The van der Waals surface area contributed by atoms with Crippen LogP contribution in [0.1, 0.15) is 43.0 Å². The number of amides is 2. The number of aryl methyl sites for hydroxylation is 3. The minimum atomic E-state index is -0.597. The lowest BCUT2D eigenvalue weighted by Crippen LogP contribution is -2.49. The van der Waals surface area contributed by atoms with Crippen molar-refractivity contribution in [2.24, 2.45) is 5.92 Å². The molecular formula is C25H34N2O3. The molecule has 2 aromatic rings. The number of hydrogen-bond acceptors (Lipinski definition) is 3. The molecule has 0 aliphatic heterocycles. The number of carbonyl (C=O) groups excluding carboxylic acids is 2. The second-order valence-electron chi connectivity index (χ2n) is 8.36. The first-order valence-electron chi connectivity index (χ1n) is 10.5. The van der Waals surface area contributed by atoms with Crippen molar-refractivity contribution in [3.05, 3.63) is 64.7 Å². The van der Waals surface area contributed by atoms with E-state index in [-0.39, 0.29) is 18.4 Å². The van der Waals surface area contributed by atoms with Crippen LogP contribution in [0.3, 0.4) is 0 Å². The zero-order valence-corrected chi connectivity index (χ0v) is 19.0. The summed E-state index contributed by atoms with van der Waals surface area (Å²) in [6, 6.07) is 13.1. The number of benzene rings is 2. The summed E-state index contributed by atoms with van der Waals surface area (Å²) < 4.78 is 5.75. The van der Waals surface area contributed by atoms with E-state index in [1.54, 1.807) is 11.8 Å². The Morgan fingerprint density at radius 1 is 1.00 bits per heavy atom. The molecular weight excluding hydrogens is 376 g/mol. The van der Waals surface area contributed by atoms with Gasteiger partial charge in [-0.1, -0.05) is 49.7 Å². The molecule has 0 aliphatic carbocycles. The number of nitrogens with zero attached hydrogens (tertiary/aromatic N) is 1. The Bertz CT molecular complexity index is 876. The SMILES string of the molecule is Cc1cccc(CN(C(=O)COc2ccc(C)c(C)c2)C(C)C(=O)NCC(C)C)c1. The molecule has 2 amide bonds. The zero-order valence-electron chi connectivity index (χ0n) is 19.0. The molecule has 0 spiro atoms. The maximum atomic E-state index is 13.1. The fourth-order valence-electron chi connectivity index (χ4n) is 3.07. The van der Waals surface area contributed by atoms with Crippen LogP contribution in [0.25, 0.3) is 0 Å². The molecule has 2 aromatic carbocycles. The van der Waals surface area contributed by atoms with E-state index in [0.717, 1.165) is 16.7 Å². The second-order valence-corrected chi connectivity index (χ2v) is 8.36. The molecule has 1 N–H and O–H groups in total. The highest BCUT2D eigenvalue weighted by Gasteiger charge is 2.26. The molecule has 5 nitrogen and oxygen atoms in total. The molecule has 0 saturated carbocycles. The third-order valence-electron chi connectivity index (χ3n) is 5.13. The second kappa shape index (κ2) is 10.8. The van der Waals surface area contributed by atoms with Gasteiger partial charge in [0.25, 0.3) is 5.91 Å². The van der Waals surface area contributed by atoms with Crippen LogP contribution in [0, 0.1) is 26.7 Å². The maximum absolute atomic E-state index is 13.1. The van der Waals surface area contributed by atoms with Crippen LogP contribution in [0.4, 0.5) is 0 Å². The Kier molecular flexibility index (Phi) is 8.46. The largest absolute Gasteiger partial charge is 0.484 e. The highest BCUT2D eigenvalue weighted by atomic mass is 16.5. The minimum absolute atomic E-state index is 0.115. The van der Waals surface area contributed by atoms with Crippen molar-refractivity contribution in [1.29, 1.82) is 0 Å². The molecule has 0 radical (unpaired) electrons. The van der Waals surface area contributed by atoms with Crippen molar-refractivity contribution >= 4 is 11.8 Å². The van der Waals surface area contributed by atoms with Crippen LogP contribution in [0.2, 0.25) is 0 Å². The van der Waals surface area contributed by atoms with Gasteiger partial charge in [-0.3, -0.25) is 9.59 Å². The van der Waals surface area contributed by atoms with Crippen LogP contribution in [0.15, 0.2) is 42.5 Å². The molecule has 5 heteroatoms. The van der Waals surface area contributed by atoms with Crippen molar-refractivity contribution < 1.29 is 14.3 Å². The van der Waals surface area contributed by atoms with Crippen LogP contribution in [-0.2, 0) is 16.1 Å². The van der Waals surface area contributed by atoms with E-state index < -0.39 is 6.04 Å². The maximum Gasteiger partial charge on any atom is 0.261 e. The van der Waals surface area contributed by atoms with Gasteiger partial charge in [-0.15, -0.1) is 0 Å². The summed E-state index contributed by atoms with van der Waals surface area (Å²) in [5, 5.41) is 2.93. The fourth-order valence-corrected chi connectivity index (χ4v) is 3.07. The average Bonchev–Trinajstić information content (AvgIpc) is 2.70. The Morgan fingerprint density at radius 3 is 2.37 bits per heavy atom. The van der Waals surface area contributed by atoms with Gasteiger partial charge in [0.15, 0.2) is 6.61 Å². The minimum Gasteiger partial charge on any atom is -0.484 e. The normalized spacial score (nSPS) is 11.8. The van der Waals surface area contributed by atoms with E-state index in [4.69, 9.17) is 4.74 Å². The van der Waals surface area contributed by atoms with Crippen molar-refractivity contribution in [3.8, 4) is 5.75 Å². The first-order valence-corrected chi connectivity index (χ1v) is 10.5. The summed E-state index contributed by atoms with van der Waals surface area (Å²) >= 11 is 0. The number of hydrogen-bond donors (Lipinski definition) is 1. The number of nitrogens with one attached hydrogen (secondary N) is 1. The molecule has 0 bridgehead atoms. The Balaban J connectivity index is 2.14. The monoisotopic (exact) mass is 410 g/mol. The Morgan fingerprint density at radius 2 is 1.73 bits per heavy atom. The van der Waals surface area contributed by atoms with Crippen molar-refractivity contribution in [1.82, 2.24) is 10.2 Å².